The molecule has 0 spiro atoms. The molecule has 0 radical (unpaired) electrons. The van der Waals surface area contributed by atoms with Crippen LogP contribution in [0.1, 0.15) is 318 Å². The fourth-order valence-electron chi connectivity index (χ4n) is 11.3. The lowest BCUT2D eigenvalue weighted by atomic mass is 10.0. The Bertz CT molecular complexity index is 4010. The van der Waals surface area contributed by atoms with Crippen molar-refractivity contribution in [3.8, 4) is 34.5 Å². The summed E-state index contributed by atoms with van der Waals surface area (Å²) in [6, 6.07) is 45.5. The molecule has 0 heterocycles. The van der Waals surface area contributed by atoms with E-state index in [1.807, 2.05) is 268 Å². The van der Waals surface area contributed by atoms with Gasteiger partial charge in [0.15, 0.2) is 0 Å². The normalized spacial score (nSPS) is 11.3. The lowest BCUT2D eigenvalue weighted by Crippen LogP contribution is -2.30. The van der Waals surface area contributed by atoms with Crippen molar-refractivity contribution in [1.29, 1.82) is 0 Å². The molecule has 22 heteroatoms. The number of amides is 1. The Morgan fingerprint density at radius 1 is 0.280 bits per heavy atom. The number of nitro benzene ring substituents is 1. The fraction of sp³-hybridized carbons (Fsp3) is 0.609. The van der Waals surface area contributed by atoms with Crippen LogP contribution in [-0.4, -0.2) is 122 Å². The van der Waals surface area contributed by atoms with Crippen molar-refractivity contribution < 1.29 is 90.2 Å². The number of carbonyl (C=O) groups is 1. The molecule has 7 rings (SSSR count). The van der Waals surface area contributed by atoms with Crippen molar-refractivity contribution in [3.63, 3.8) is 0 Å². The number of non-ortho nitro benzene ring substituents is 1. The molecular formula is C110H178N2O20. The molecule has 0 atom stereocenters. The highest BCUT2D eigenvalue weighted by Crippen LogP contribution is 2.35. The van der Waals surface area contributed by atoms with Crippen LogP contribution in [0.5, 0.6) is 34.5 Å². The molecule has 0 bridgehead atoms. The molecule has 0 saturated heterocycles. The maximum Gasteiger partial charge on any atom is 0.414 e. The number of rotatable bonds is 47. The number of hydrogen-bond acceptors (Lipinski definition) is 20. The lowest BCUT2D eigenvalue weighted by Gasteiger charge is -2.22. The van der Waals surface area contributed by atoms with E-state index in [9.17, 15) is 14.9 Å². The molecule has 22 nitrogen and oxygen atoms in total. The first-order valence-corrected chi connectivity index (χ1v) is 47.4. The van der Waals surface area contributed by atoms with Crippen molar-refractivity contribution in [2.45, 2.75) is 433 Å². The van der Waals surface area contributed by atoms with Gasteiger partial charge in [0.1, 0.15) is 34.5 Å². The second-order valence-electron chi connectivity index (χ2n) is 37.3. The van der Waals surface area contributed by atoms with Crippen molar-refractivity contribution in [2.24, 2.45) is 5.92 Å². The first kappa shape index (κ1) is 124. The first-order valence-electron chi connectivity index (χ1n) is 47.4. The Labute approximate surface area is 799 Å². The molecule has 132 heavy (non-hydrogen) atoms. The molecule has 1 amide bonds. The highest BCUT2D eigenvalue weighted by Gasteiger charge is 2.24. The SMILES string of the molecule is C.CC(C)Cc1ccc(COC(C)C)cc1.CC(C)OC(=O)N(C)c1cc([N+](=O)[O-])ccc1OC(C)C.CC(C)OCc1cc(COC(C)C)c(OC(C)C)c(COC(C)C)c1.CC(C)OCc1ccc(OC(C)C)c(COC(C)C)c1.CC(C)OCc1ccc(OC(C)C)cc1.CC(C)OCc1cccc(COC(C)C)c1OC(C)C.CC(C)OCc1ccccc1OC(C)C. The first-order chi connectivity index (χ1) is 61.4. The van der Waals surface area contributed by atoms with Gasteiger partial charge in [-0.05, 0) is 324 Å². The summed E-state index contributed by atoms with van der Waals surface area (Å²) in [4.78, 5) is 23.5. The molecule has 0 unspecified atom stereocenters. The molecule has 0 fully saturated rings. The average Bonchev–Trinajstić information content (AvgIpc) is 0.816. The second-order valence-corrected chi connectivity index (χ2v) is 37.3. The van der Waals surface area contributed by atoms with E-state index in [-0.39, 0.29) is 111 Å². The Morgan fingerprint density at radius 3 is 0.955 bits per heavy atom. The van der Waals surface area contributed by atoms with Crippen LogP contribution in [0, 0.1) is 16.0 Å². The van der Waals surface area contributed by atoms with Crippen LogP contribution in [0.4, 0.5) is 16.2 Å². The van der Waals surface area contributed by atoms with E-state index in [2.05, 4.69) is 88.4 Å². The van der Waals surface area contributed by atoms with E-state index in [0.29, 0.717) is 77.0 Å². The summed E-state index contributed by atoms with van der Waals surface area (Å²) in [6.45, 7) is 78.6. The highest BCUT2D eigenvalue weighted by atomic mass is 16.6. The van der Waals surface area contributed by atoms with E-state index in [4.69, 9.17) is 80.5 Å². The van der Waals surface area contributed by atoms with Crippen LogP contribution < -0.4 is 33.3 Å². The zero-order chi connectivity index (χ0) is 99.2. The molecule has 0 aromatic heterocycles. The van der Waals surface area contributed by atoms with Gasteiger partial charge in [0.25, 0.3) is 5.69 Å². The summed E-state index contributed by atoms with van der Waals surface area (Å²) in [5, 5.41) is 10.9. The summed E-state index contributed by atoms with van der Waals surface area (Å²) >= 11 is 0. The topological polar surface area (TPSA) is 220 Å². The molecule has 0 aliphatic rings. The molecule has 748 valence electrons. The lowest BCUT2D eigenvalue weighted by molar-refractivity contribution is -0.384. The van der Waals surface area contributed by atoms with E-state index < -0.39 is 11.0 Å². The van der Waals surface area contributed by atoms with Gasteiger partial charge in [-0.3, -0.25) is 15.0 Å². The number of para-hydroxylation sites is 2. The van der Waals surface area contributed by atoms with Gasteiger partial charge < -0.3 is 80.5 Å². The Morgan fingerprint density at radius 2 is 0.576 bits per heavy atom. The van der Waals surface area contributed by atoms with Gasteiger partial charge in [-0.25, -0.2) is 4.79 Å². The van der Waals surface area contributed by atoms with Crippen LogP contribution in [0.3, 0.4) is 0 Å². The van der Waals surface area contributed by atoms with E-state index in [1.54, 1.807) is 13.8 Å². The maximum atomic E-state index is 12.0. The van der Waals surface area contributed by atoms with Crippen LogP contribution in [0.2, 0.25) is 0 Å². The van der Waals surface area contributed by atoms with Gasteiger partial charge in [-0.2, -0.15) is 0 Å². The largest absolute Gasteiger partial charge is 0.491 e. The van der Waals surface area contributed by atoms with Gasteiger partial charge in [0, 0.05) is 52.6 Å². The van der Waals surface area contributed by atoms with Crippen molar-refractivity contribution in [2.75, 3.05) is 11.9 Å². The average molecular weight is 1850 g/mol. The Kier molecular flexibility index (Phi) is 64.2. The maximum absolute atomic E-state index is 12.0. The molecule has 0 N–H and O–H groups in total. The third-order valence-corrected chi connectivity index (χ3v) is 17.2. The number of nitro groups is 1. The molecule has 7 aromatic rings. The zero-order valence-corrected chi connectivity index (χ0v) is 87.5. The van der Waals surface area contributed by atoms with Crippen LogP contribution >= 0.6 is 0 Å². The fourth-order valence-corrected chi connectivity index (χ4v) is 11.3. The Balaban J connectivity index is 0.00000153. The van der Waals surface area contributed by atoms with E-state index in [1.165, 1.54) is 46.8 Å². The van der Waals surface area contributed by atoms with E-state index >= 15 is 0 Å². The number of carbonyl (C=O) groups excluding carboxylic acids is 1. The quantitative estimate of drug-likeness (QED) is 0.0256. The third-order valence-electron chi connectivity index (χ3n) is 17.2. The van der Waals surface area contributed by atoms with Crippen molar-refractivity contribution >= 4 is 17.5 Å². The highest BCUT2D eigenvalue weighted by molar-refractivity contribution is 5.89. The minimum Gasteiger partial charge on any atom is -0.491 e. The number of ether oxygens (including phenoxy) is 17. The van der Waals surface area contributed by atoms with Gasteiger partial charge in [0.2, 0.25) is 0 Å². The molecule has 7 aromatic carbocycles. The van der Waals surface area contributed by atoms with Gasteiger partial charge in [0.05, 0.1) is 180 Å². The van der Waals surface area contributed by atoms with Crippen molar-refractivity contribution in [1.82, 2.24) is 0 Å². The number of benzene rings is 7. The van der Waals surface area contributed by atoms with Gasteiger partial charge in [-0.15, -0.1) is 0 Å². The smallest absolute Gasteiger partial charge is 0.414 e. The summed E-state index contributed by atoms with van der Waals surface area (Å²) in [6.07, 6.45) is 3.16. The molecule has 0 aliphatic carbocycles. The number of nitrogens with zero attached hydrogens (tertiary/aromatic N) is 2. The predicted octanol–water partition coefficient (Wildman–Crippen LogP) is 28.5. The van der Waals surface area contributed by atoms with Crippen LogP contribution in [0.15, 0.2) is 140 Å². The third kappa shape index (κ3) is 59.4. The summed E-state index contributed by atoms with van der Waals surface area (Å²) in [5.74, 6) is 5.63. The molecule has 0 saturated carbocycles. The Hall–Kier alpha value is -8.39. The molecule has 0 aliphatic heterocycles. The van der Waals surface area contributed by atoms with Gasteiger partial charge in [-0.1, -0.05) is 100 Å². The molecular weight excluding hydrogens is 1670 g/mol. The van der Waals surface area contributed by atoms with Gasteiger partial charge >= 0.3 is 6.09 Å². The summed E-state index contributed by atoms with van der Waals surface area (Å²) in [5.41, 5.74) is 12.8. The standard InChI is InChI=1S/C21H36O4.2C17H28O3.C14H20N2O5.C14H22O.2C13H20O2.CH4/c1-14(2)22-11-18-9-19(12-23-15(3)4)21(25-17(7)8)20(10-18)13-24-16(5)6;1-12(2)18-10-15-7-8-17(20-14(5)6)16(9-15)11-19-13(3)4;1-12(2)18-10-15-8-7-9-16(11-19-13(3)4)17(15)20-14(5)6;1-9(2)20-13-7-6-11(16(18)19)8-12(13)15(5)14(17)21-10(3)4;1-11(2)9-13-5-7-14(8-6-13)10-15-12(3)4;1-10(2)14-9-12-5-7-13(8-6-12)15-11(3)4;1-10(2)14-9-12-7-5-6-8-13(12)15-11(3)4;/h9-10,14-17H,11-13H2,1-8H3;2*7-9,12-14H,10-11H2,1-6H3;6-10H,1-5H3;5-8,11-12H,9-10H2,1-4H3;2*5-8,10-11H,9H2,1-4H3;1H4. The monoisotopic (exact) mass is 1850 g/mol. The predicted molar refractivity (Wildman–Crippen MR) is 541 cm³/mol. The van der Waals surface area contributed by atoms with E-state index in [0.717, 1.165) is 92.2 Å². The minimum atomic E-state index is -0.598. The zero-order valence-electron chi connectivity index (χ0n) is 87.5. The summed E-state index contributed by atoms with van der Waals surface area (Å²) < 4.78 is 96.8. The second kappa shape index (κ2) is 68.6. The number of hydrogen-bond donors (Lipinski definition) is 0. The van der Waals surface area contributed by atoms with Crippen LogP contribution in [-0.2, 0) is 125 Å². The van der Waals surface area contributed by atoms with Crippen molar-refractivity contribution in [3.05, 3.63) is 211 Å². The van der Waals surface area contributed by atoms with Crippen LogP contribution in [0.25, 0.3) is 0 Å². The number of anilines is 1. The minimum absolute atomic E-state index is 0. The summed E-state index contributed by atoms with van der Waals surface area (Å²) in [7, 11) is 1.48.